The number of aliphatic hydroxyl groups excluding tert-OH is 1. The van der Waals surface area contributed by atoms with Crippen LogP contribution in [0.4, 0.5) is 5.82 Å². The first-order valence-electron chi connectivity index (χ1n) is 13.5. The van der Waals surface area contributed by atoms with Gasteiger partial charge in [-0.25, -0.2) is 4.79 Å². The van der Waals surface area contributed by atoms with E-state index in [4.69, 9.17) is 13.6 Å². The van der Waals surface area contributed by atoms with E-state index in [-0.39, 0.29) is 28.4 Å². The molecule has 4 atom stereocenters. The van der Waals surface area contributed by atoms with Crippen LogP contribution in [0.3, 0.4) is 0 Å². The Morgan fingerprint density at radius 1 is 0.974 bits per heavy atom. The molecule has 0 radical (unpaired) electrons. The Kier molecular flexibility index (Phi) is 9.15. The molecule has 1 aliphatic rings. The Hall–Kier alpha value is -2.16. The minimum atomic E-state index is -2.36. The highest BCUT2D eigenvalue weighted by Gasteiger charge is 2.54. The zero-order valence-corrected chi connectivity index (χ0v) is 26.9. The van der Waals surface area contributed by atoms with E-state index in [0.717, 1.165) is 0 Å². The summed E-state index contributed by atoms with van der Waals surface area (Å²) in [6, 6.07) is 10.3. The largest absolute Gasteiger partial charge is 0.408 e. The van der Waals surface area contributed by atoms with Crippen LogP contribution in [0.1, 0.15) is 58.1 Å². The monoisotopic (exact) mass is 575 g/mol. The molecule has 216 valence electrons. The summed E-state index contributed by atoms with van der Waals surface area (Å²) >= 11 is 0. The lowest BCUT2D eigenvalue weighted by molar-refractivity contribution is -0.0528. The minimum absolute atomic E-state index is 0.0797. The molecule has 3 rings (SSSR count). The van der Waals surface area contributed by atoms with Crippen molar-refractivity contribution in [2.45, 2.75) is 102 Å². The molecule has 2 N–H and O–H groups in total. The average Bonchev–Trinajstić information content (AvgIpc) is 3.14. The molecule has 2 heterocycles. The normalized spacial score (nSPS) is 22.6. The van der Waals surface area contributed by atoms with Crippen molar-refractivity contribution in [1.29, 1.82) is 0 Å². The van der Waals surface area contributed by atoms with Crippen molar-refractivity contribution in [2.24, 2.45) is 0 Å². The second-order valence-electron chi connectivity index (χ2n) is 13.3. The van der Waals surface area contributed by atoms with E-state index in [1.165, 1.54) is 4.57 Å². The second kappa shape index (κ2) is 11.4. The Morgan fingerprint density at radius 2 is 1.51 bits per heavy atom. The van der Waals surface area contributed by atoms with Crippen molar-refractivity contribution in [2.75, 3.05) is 11.9 Å². The lowest BCUT2D eigenvalue weighted by atomic mass is 10.1. The summed E-state index contributed by atoms with van der Waals surface area (Å²) in [6.07, 6.45) is -1.19. The van der Waals surface area contributed by atoms with Crippen LogP contribution in [-0.2, 0) is 13.6 Å². The molecule has 9 nitrogen and oxygen atoms in total. The third kappa shape index (κ3) is 6.95. The predicted molar refractivity (Wildman–Crippen MR) is 158 cm³/mol. The van der Waals surface area contributed by atoms with E-state index in [1.54, 1.807) is 36.5 Å². The Balaban J connectivity index is 1.99. The van der Waals surface area contributed by atoms with Gasteiger partial charge in [0.1, 0.15) is 24.1 Å². The number of ether oxygens (including phenoxy) is 1. The van der Waals surface area contributed by atoms with Gasteiger partial charge in [0.05, 0.1) is 6.61 Å². The predicted octanol–water partition coefficient (Wildman–Crippen LogP) is 5.17. The zero-order chi connectivity index (χ0) is 29.4. The van der Waals surface area contributed by atoms with E-state index in [9.17, 15) is 14.7 Å². The Labute approximate surface area is 234 Å². The molecule has 1 fully saturated rings. The van der Waals surface area contributed by atoms with Crippen LogP contribution in [0.25, 0.3) is 0 Å². The number of aliphatic hydroxyl groups is 1. The molecule has 0 bridgehead atoms. The van der Waals surface area contributed by atoms with Crippen LogP contribution in [-0.4, -0.2) is 62.1 Å². The SMILES string of the molecule is CC(C)(C)[Si](C)(C)O[C@@H]1[C@H](O[Si](C)(C)C(C)(C)C)[C@@H](CO)O[C@H]1n1ccc(NC(=O)c2ccccc2)nc1=O. The maximum atomic E-state index is 13.3. The number of amides is 1. The molecule has 1 aromatic carbocycles. The van der Waals surface area contributed by atoms with Gasteiger partial charge < -0.3 is 24.0 Å². The van der Waals surface area contributed by atoms with Crippen LogP contribution >= 0.6 is 0 Å². The van der Waals surface area contributed by atoms with Gasteiger partial charge >= 0.3 is 5.69 Å². The Morgan fingerprint density at radius 3 is 2.00 bits per heavy atom. The number of aromatic nitrogens is 2. The van der Waals surface area contributed by atoms with Gasteiger partial charge in [0.15, 0.2) is 22.9 Å². The van der Waals surface area contributed by atoms with Gasteiger partial charge in [0.25, 0.3) is 5.91 Å². The Bertz CT molecular complexity index is 1200. The molecule has 1 amide bonds. The lowest BCUT2D eigenvalue weighted by Crippen LogP contribution is -2.54. The lowest BCUT2D eigenvalue weighted by Gasteiger charge is -2.44. The van der Waals surface area contributed by atoms with E-state index in [0.29, 0.717) is 5.56 Å². The van der Waals surface area contributed by atoms with Crippen LogP contribution in [0.2, 0.25) is 36.3 Å². The molecular weight excluding hydrogens is 530 g/mol. The summed E-state index contributed by atoms with van der Waals surface area (Å²) < 4.78 is 21.4. The van der Waals surface area contributed by atoms with Crippen LogP contribution < -0.4 is 11.0 Å². The number of carbonyl (C=O) groups is 1. The molecule has 0 unspecified atom stereocenters. The molecule has 1 aromatic heterocycles. The fourth-order valence-corrected chi connectivity index (χ4v) is 6.44. The molecule has 0 spiro atoms. The molecule has 1 aliphatic heterocycles. The number of hydrogen-bond acceptors (Lipinski definition) is 7. The van der Waals surface area contributed by atoms with E-state index in [2.05, 4.69) is 78.0 Å². The van der Waals surface area contributed by atoms with Gasteiger partial charge in [-0.3, -0.25) is 9.36 Å². The number of nitrogens with one attached hydrogen (secondary N) is 1. The van der Waals surface area contributed by atoms with Crippen LogP contribution in [0, 0.1) is 0 Å². The number of rotatable bonds is 8. The molecule has 11 heteroatoms. The van der Waals surface area contributed by atoms with E-state index >= 15 is 0 Å². The first-order valence-corrected chi connectivity index (χ1v) is 19.3. The third-order valence-electron chi connectivity index (χ3n) is 8.32. The van der Waals surface area contributed by atoms with Gasteiger partial charge in [-0.15, -0.1) is 0 Å². The number of benzene rings is 1. The summed E-state index contributed by atoms with van der Waals surface area (Å²) in [6.45, 7) is 21.2. The fourth-order valence-electron chi connectivity index (χ4n) is 3.83. The van der Waals surface area contributed by atoms with E-state index < -0.39 is 46.9 Å². The van der Waals surface area contributed by atoms with Crippen molar-refractivity contribution >= 4 is 28.4 Å². The summed E-state index contributed by atoms with van der Waals surface area (Å²) in [5.74, 6) is -0.225. The molecular formula is C28H45N3O6Si2. The van der Waals surface area contributed by atoms with Crippen molar-refractivity contribution < 1.29 is 23.5 Å². The van der Waals surface area contributed by atoms with Crippen molar-refractivity contribution in [3.05, 3.63) is 58.6 Å². The third-order valence-corrected chi connectivity index (χ3v) is 17.3. The quantitative estimate of drug-likeness (QED) is 0.418. The van der Waals surface area contributed by atoms with Crippen molar-refractivity contribution in [3.8, 4) is 0 Å². The highest BCUT2D eigenvalue weighted by molar-refractivity contribution is 6.74. The van der Waals surface area contributed by atoms with Crippen molar-refractivity contribution in [1.82, 2.24) is 9.55 Å². The summed E-state index contributed by atoms with van der Waals surface area (Å²) in [5.41, 5.74) is -0.138. The smallest absolute Gasteiger partial charge is 0.351 e. The minimum Gasteiger partial charge on any atom is -0.408 e. The van der Waals surface area contributed by atoms with Crippen LogP contribution in [0.15, 0.2) is 47.4 Å². The van der Waals surface area contributed by atoms with Gasteiger partial charge in [-0.05, 0) is 54.5 Å². The van der Waals surface area contributed by atoms with Crippen LogP contribution in [0.5, 0.6) is 0 Å². The van der Waals surface area contributed by atoms with Gasteiger partial charge in [-0.1, -0.05) is 59.7 Å². The average molecular weight is 576 g/mol. The summed E-state index contributed by atoms with van der Waals surface area (Å²) in [7, 11) is -4.66. The standard InChI is InChI=1S/C28H45N3O6Si2/c1-27(2,3)38(7,8)36-22-20(18-32)35-25(23(22)37-39(9,10)28(4,5)6)31-17-16-21(30-26(31)34)29-24(33)19-14-12-11-13-15-19/h11-17,20,22-23,25,32H,18H2,1-10H3,(H,29,30,33,34)/t20-,22-,23-,25-/m1/s1. The molecule has 1 saturated heterocycles. The van der Waals surface area contributed by atoms with Gasteiger partial charge in [-0.2, -0.15) is 4.98 Å². The molecule has 2 aromatic rings. The molecule has 0 saturated carbocycles. The first-order chi connectivity index (χ1) is 17.9. The highest BCUT2D eigenvalue weighted by Crippen LogP contribution is 2.45. The number of nitrogens with zero attached hydrogens (tertiary/aromatic N) is 2. The highest BCUT2D eigenvalue weighted by atomic mass is 28.4. The summed E-state index contributed by atoms with van der Waals surface area (Å²) in [5, 5.41) is 12.8. The van der Waals surface area contributed by atoms with Gasteiger partial charge in [0, 0.05) is 11.8 Å². The fraction of sp³-hybridized carbons (Fsp3) is 0.607. The number of anilines is 1. The second-order valence-corrected chi connectivity index (χ2v) is 22.8. The zero-order valence-electron chi connectivity index (χ0n) is 24.9. The van der Waals surface area contributed by atoms with Gasteiger partial charge in [0.2, 0.25) is 0 Å². The van der Waals surface area contributed by atoms with Crippen molar-refractivity contribution in [3.63, 3.8) is 0 Å². The first kappa shape index (κ1) is 31.4. The number of hydrogen-bond donors (Lipinski definition) is 2. The molecule has 0 aliphatic carbocycles. The summed E-state index contributed by atoms with van der Waals surface area (Å²) in [4.78, 5) is 30.0. The number of carbonyl (C=O) groups excluding carboxylic acids is 1. The van der Waals surface area contributed by atoms with E-state index in [1.807, 2.05) is 6.07 Å². The maximum Gasteiger partial charge on any atom is 0.351 e. The maximum absolute atomic E-state index is 13.3. The molecule has 39 heavy (non-hydrogen) atoms. The topological polar surface area (TPSA) is 112 Å².